The summed E-state index contributed by atoms with van der Waals surface area (Å²) >= 11 is 1.58. The highest BCUT2D eigenvalue weighted by Gasteiger charge is 2.25. The molecule has 0 aromatic heterocycles. The molecule has 0 saturated heterocycles. The molecule has 0 unspecified atom stereocenters. The van der Waals surface area contributed by atoms with Crippen molar-refractivity contribution in [2.24, 2.45) is 0 Å². The molecular formula is C17H17NO2S. The Labute approximate surface area is 128 Å². The first-order valence-corrected chi connectivity index (χ1v) is 8.05. The molecule has 2 aromatic rings. The molecule has 0 bridgehead atoms. The molecule has 3 nitrogen and oxygen atoms in total. The van der Waals surface area contributed by atoms with Crippen molar-refractivity contribution in [3.63, 3.8) is 0 Å². The Kier molecular flexibility index (Phi) is 3.88. The largest absolute Gasteiger partial charge is 0.478 e. The van der Waals surface area contributed by atoms with E-state index < -0.39 is 5.97 Å². The van der Waals surface area contributed by atoms with Crippen molar-refractivity contribution in [1.29, 1.82) is 0 Å². The van der Waals surface area contributed by atoms with Crippen LogP contribution in [0.25, 0.3) is 0 Å². The van der Waals surface area contributed by atoms with E-state index in [1.54, 1.807) is 11.8 Å². The maximum atomic E-state index is 11.7. The normalized spacial score (nSPS) is 13.3. The number of anilines is 2. The van der Waals surface area contributed by atoms with Gasteiger partial charge < -0.3 is 10.0 Å². The van der Waals surface area contributed by atoms with Crippen LogP contribution in [-0.4, -0.2) is 23.4 Å². The van der Waals surface area contributed by atoms with Gasteiger partial charge >= 0.3 is 5.97 Å². The summed E-state index contributed by atoms with van der Waals surface area (Å²) in [5.74, 6) is 0.00581. The monoisotopic (exact) mass is 299 g/mol. The number of rotatable bonds is 4. The average Bonchev–Trinajstić information content (AvgIpc) is 2.91. The van der Waals surface area contributed by atoms with Gasteiger partial charge in [0.15, 0.2) is 0 Å². The van der Waals surface area contributed by atoms with Crippen LogP contribution in [0.1, 0.15) is 22.8 Å². The number of hydrogen-bond donors (Lipinski definition) is 1. The second-order valence-electron chi connectivity index (χ2n) is 4.92. The zero-order valence-corrected chi connectivity index (χ0v) is 12.7. The van der Waals surface area contributed by atoms with E-state index in [1.807, 2.05) is 37.3 Å². The third-order valence-corrected chi connectivity index (χ3v) is 4.64. The summed E-state index contributed by atoms with van der Waals surface area (Å²) in [7, 11) is 0. The Morgan fingerprint density at radius 3 is 2.71 bits per heavy atom. The molecular weight excluding hydrogens is 282 g/mol. The van der Waals surface area contributed by atoms with Gasteiger partial charge in [-0.1, -0.05) is 31.2 Å². The van der Waals surface area contributed by atoms with Crippen LogP contribution in [0.4, 0.5) is 11.4 Å². The van der Waals surface area contributed by atoms with Crippen molar-refractivity contribution in [1.82, 2.24) is 0 Å². The molecule has 0 fully saturated rings. The molecule has 1 N–H and O–H groups in total. The summed E-state index contributed by atoms with van der Waals surface area (Å²) < 4.78 is 0. The summed E-state index contributed by atoms with van der Waals surface area (Å²) in [5, 5.41) is 9.64. The number of para-hydroxylation sites is 1. The molecule has 0 atom stereocenters. The van der Waals surface area contributed by atoms with Crippen LogP contribution in [-0.2, 0) is 6.42 Å². The van der Waals surface area contributed by atoms with Crippen molar-refractivity contribution in [3.8, 4) is 0 Å². The topological polar surface area (TPSA) is 40.5 Å². The van der Waals surface area contributed by atoms with E-state index in [2.05, 4.69) is 17.0 Å². The second kappa shape index (κ2) is 5.82. The highest BCUT2D eigenvalue weighted by Crippen LogP contribution is 2.39. The molecule has 0 spiro atoms. The molecule has 0 aliphatic carbocycles. The van der Waals surface area contributed by atoms with Crippen LogP contribution in [0.5, 0.6) is 0 Å². The molecule has 1 aliphatic heterocycles. The summed E-state index contributed by atoms with van der Waals surface area (Å²) in [4.78, 5) is 14.7. The van der Waals surface area contributed by atoms with E-state index in [4.69, 9.17) is 0 Å². The van der Waals surface area contributed by atoms with Crippen LogP contribution in [0, 0.1) is 0 Å². The van der Waals surface area contributed by atoms with Gasteiger partial charge in [-0.2, -0.15) is 0 Å². The van der Waals surface area contributed by atoms with Crippen molar-refractivity contribution in [2.75, 3.05) is 17.2 Å². The number of aromatic carboxylic acids is 1. The zero-order chi connectivity index (χ0) is 14.8. The van der Waals surface area contributed by atoms with Gasteiger partial charge in [0.1, 0.15) is 0 Å². The molecule has 0 amide bonds. The molecule has 4 heteroatoms. The van der Waals surface area contributed by atoms with E-state index in [1.165, 1.54) is 5.56 Å². The fourth-order valence-corrected chi connectivity index (χ4v) is 3.65. The number of carboxylic acid groups (broad SMARTS) is 1. The van der Waals surface area contributed by atoms with E-state index in [-0.39, 0.29) is 0 Å². The summed E-state index contributed by atoms with van der Waals surface area (Å²) in [6.45, 7) is 2.87. The smallest absolute Gasteiger partial charge is 0.338 e. The number of hydrogen-bond acceptors (Lipinski definition) is 3. The number of carbonyl (C=O) groups is 1. The summed E-state index contributed by atoms with van der Waals surface area (Å²) in [6.07, 6.45) is 0.959. The van der Waals surface area contributed by atoms with Crippen molar-refractivity contribution in [3.05, 3.63) is 53.6 Å². The number of benzene rings is 2. The third-order valence-electron chi connectivity index (χ3n) is 3.70. The first kappa shape index (κ1) is 14.0. The molecule has 1 heterocycles. The van der Waals surface area contributed by atoms with Gasteiger partial charge in [-0.25, -0.2) is 4.79 Å². The zero-order valence-electron chi connectivity index (χ0n) is 11.9. The van der Waals surface area contributed by atoms with Gasteiger partial charge in [0.25, 0.3) is 0 Å². The molecule has 1 aliphatic rings. The number of thioether (sulfide) groups is 1. The molecule has 2 aromatic carbocycles. The summed E-state index contributed by atoms with van der Waals surface area (Å²) in [5.41, 5.74) is 3.62. The van der Waals surface area contributed by atoms with Gasteiger partial charge in [0.05, 0.1) is 11.3 Å². The van der Waals surface area contributed by atoms with Gasteiger partial charge in [0.2, 0.25) is 0 Å². The average molecular weight is 299 g/mol. The van der Waals surface area contributed by atoms with Crippen LogP contribution in [0.15, 0.2) is 47.4 Å². The minimum Gasteiger partial charge on any atom is -0.478 e. The Hall–Kier alpha value is -1.94. The Bertz CT molecular complexity index is 684. The van der Waals surface area contributed by atoms with Gasteiger partial charge in [-0.3, -0.25) is 0 Å². The molecule has 3 rings (SSSR count). The molecule has 0 saturated carbocycles. The maximum Gasteiger partial charge on any atom is 0.338 e. The molecule has 108 valence electrons. The number of nitrogens with zero attached hydrogens (tertiary/aromatic N) is 1. The predicted octanol–water partition coefficient (Wildman–Crippen LogP) is 4.19. The number of fused-ring (bicyclic) bond motifs is 1. The Morgan fingerprint density at radius 2 is 1.95 bits per heavy atom. The molecule has 0 radical (unpaired) electrons. The Balaban J connectivity index is 2.11. The van der Waals surface area contributed by atoms with E-state index in [9.17, 15) is 9.90 Å². The lowest BCUT2D eigenvalue weighted by molar-refractivity contribution is 0.0694. The first-order valence-electron chi connectivity index (χ1n) is 7.07. The lowest BCUT2D eigenvalue weighted by atomic mass is 10.1. The van der Waals surface area contributed by atoms with Gasteiger partial charge in [-0.15, -0.1) is 11.8 Å². The Morgan fingerprint density at radius 1 is 1.19 bits per heavy atom. The van der Waals surface area contributed by atoms with Crippen LogP contribution < -0.4 is 4.90 Å². The summed E-state index contributed by atoms with van der Waals surface area (Å²) in [6, 6.07) is 14.0. The second-order valence-corrected chi connectivity index (χ2v) is 6.22. The quantitative estimate of drug-likeness (QED) is 0.859. The van der Waals surface area contributed by atoms with Crippen LogP contribution in [0.2, 0.25) is 0 Å². The van der Waals surface area contributed by atoms with Crippen molar-refractivity contribution < 1.29 is 9.90 Å². The lowest BCUT2D eigenvalue weighted by Gasteiger charge is -2.22. The highest BCUT2D eigenvalue weighted by atomic mass is 32.2. The fraction of sp³-hybridized carbons (Fsp3) is 0.235. The van der Waals surface area contributed by atoms with E-state index >= 15 is 0 Å². The SMILES string of the molecule is CCSc1cccc(N2CCc3ccccc32)c1C(=O)O. The minimum atomic E-state index is -0.856. The standard InChI is InChI=1S/C17H17NO2S/c1-2-21-15-9-5-8-14(16(15)17(19)20)18-11-10-12-6-3-4-7-13(12)18/h3-9H,2,10-11H2,1H3,(H,19,20). The van der Waals surface area contributed by atoms with E-state index in [0.29, 0.717) is 5.56 Å². The first-order chi connectivity index (χ1) is 10.2. The predicted molar refractivity (Wildman–Crippen MR) is 87.0 cm³/mol. The van der Waals surface area contributed by atoms with Gasteiger partial charge in [0, 0.05) is 17.1 Å². The minimum absolute atomic E-state index is 0.418. The third kappa shape index (κ3) is 2.51. The van der Waals surface area contributed by atoms with Crippen LogP contribution in [0.3, 0.4) is 0 Å². The maximum absolute atomic E-state index is 11.7. The highest BCUT2D eigenvalue weighted by molar-refractivity contribution is 7.99. The van der Waals surface area contributed by atoms with Crippen molar-refractivity contribution >= 4 is 29.1 Å². The van der Waals surface area contributed by atoms with Crippen molar-refractivity contribution in [2.45, 2.75) is 18.2 Å². The van der Waals surface area contributed by atoms with Crippen LogP contribution >= 0.6 is 11.8 Å². The fourth-order valence-electron chi connectivity index (χ4n) is 2.82. The number of carboxylic acids is 1. The lowest BCUT2D eigenvalue weighted by Crippen LogP contribution is -2.17. The molecule has 21 heavy (non-hydrogen) atoms. The van der Waals surface area contributed by atoms with E-state index in [0.717, 1.165) is 35.0 Å². The van der Waals surface area contributed by atoms with Gasteiger partial charge in [-0.05, 0) is 35.9 Å².